The van der Waals surface area contributed by atoms with Crippen LogP contribution in [0.3, 0.4) is 0 Å². The number of phenols is 2. The zero-order valence-corrected chi connectivity index (χ0v) is 16.4. The van der Waals surface area contributed by atoms with Crippen LogP contribution >= 0.6 is 46.7 Å². The van der Waals surface area contributed by atoms with Gasteiger partial charge in [0.1, 0.15) is 23.4 Å². The van der Waals surface area contributed by atoms with Gasteiger partial charge in [-0.05, 0) is 43.3 Å². The van der Waals surface area contributed by atoms with Gasteiger partial charge in [0.25, 0.3) is 0 Å². The molecule has 134 valence electrons. The average Bonchev–Trinajstić information content (AvgIpc) is 2.58. The van der Waals surface area contributed by atoms with Gasteiger partial charge in [-0.2, -0.15) is 0 Å². The molecule has 0 spiro atoms. The lowest BCUT2D eigenvalue weighted by molar-refractivity contribution is -0.141. The Balaban J connectivity index is 1.75. The van der Waals surface area contributed by atoms with Gasteiger partial charge in [0.15, 0.2) is 0 Å². The largest absolute Gasteiger partial charge is 0.506 e. The fourth-order valence-corrected chi connectivity index (χ4v) is 3.97. The smallest absolute Gasteiger partial charge is 0.319 e. The maximum Gasteiger partial charge on any atom is 0.319 e. The van der Waals surface area contributed by atoms with E-state index in [0.717, 1.165) is 9.79 Å². The van der Waals surface area contributed by atoms with E-state index in [1.807, 2.05) is 0 Å². The van der Waals surface area contributed by atoms with Gasteiger partial charge in [0.2, 0.25) is 0 Å². The van der Waals surface area contributed by atoms with Gasteiger partial charge < -0.3 is 14.9 Å². The Hall–Kier alpha value is -1.21. The first-order valence-corrected chi connectivity index (χ1v) is 9.92. The van der Waals surface area contributed by atoms with Crippen LogP contribution in [0, 0.1) is 0 Å². The van der Waals surface area contributed by atoms with E-state index >= 15 is 0 Å². The molecule has 1 atom stereocenters. The predicted molar refractivity (Wildman–Crippen MR) is 103 cm³/mol. The van der Waals surface area contributed by atoms with E-state index < -0.39 is 5.25 Å². The van der Waals surface area contributed by atoms with E-state index in [1.54, 1.807) is 31.2 Å². The minimum Gasteiger partial charge on any atom is -0.506 e. The monoisotopic (exact) mass is 418 g/mol. The molecular weight excluding hydrogens is 403 g/mol. The molecule has 8 heteroatoms. The second kappa shape index (κ2) is 9.48. The second-order valence-electron chi connectivity index (χ2n) is 5.00. The molecule has 0 radical (unpaired) electrons. The van der Waals surface area contributed by atoms with Crippen LogP contribution in [0.4, 0.5) is 0 Å². The summed E-state index contributed by atoms with van der Waals surface area (Å²) in [6, 6.07) is 9.73. The summed E-state index contributed by atoms with van der Waals surface area (Å²) in [5, 5.41) is 18.9. The zero-order valence-electron chi connectivity index (χ0n) is 13.2. The van der Waals surface area contributed by atoms with Crippen molar-refractivity contribution >= 4 is 52.7 Å². The maximum absolute atomic E-state index is 12.0. The van der Waals surface area contributed by atoms with Crippen molar-refractivity contribution in [2.45, 2.75) is 22.0 Å². The summed E-state index contributed by atoms with van der Waals surface area (Å²) in [5.41, 5.74) is 0. The van der Waals surface area contributed by atoms with Gasteiger partial charge in [0.05, 0.1) is 10.0 Å². The summed E-state index contributed by atoms with van der Waals surface area (Å²) in [7, 11) is 0. The summed E-state index contributed by atoms with van der Waals surface area (Å²) in [4.78, 5) is 13.7. The molecule has 0 aliphatic rings. The van der Waals surface area contributed by atoms with Gasteiger partial charge >= 0.3 is 5.97 Å². The molecule has 0 amide bonds. The fraction of sp³-hybridized carbons (Fsp3) is 0.235. The van der Waals surface area contributed by atoms with Crippen molar-refractivity contribution in [2.75, 3.05) is 12.4 Å². The van der Waals surface area contributed by atoms with E-state index in [2.05, 4.69) is 0 Å². The number of rotatable bonds is 7. The Labute approximate surface area is 164 Å². The van der Waals surface area contributed by atoms with Crippen LogP contribution in [-0.2, 0) is 9.53 Å². The van der Waals surface area contributed by atoms with Crippen molar-refractivity contribution in [3.05, 3.63) is 46.4 Å². The molecule has 25 heavy (non-hydrogen) atoms. The molecule has 0 aromatic heterocycles. The molecule has 2 aromatic rings. The van der Waals surface area contributed by atoms with Crippen LogP contribution in [0.5, 0.6) is 11.5 Å². The first kappa shape index (κ1) is 20.1. The molecule has 0 saturated carbocycles. The van der Waals surface area contributed by atoms with Crippen molar-refractivity contribution in [1.29, 1.82) is 0 Å². The standard InChI is InChI=1S/C17H16Cl2O4S2/c1-10(25-12-3-5-16(21)14(19)9-12)17(22)23-6-7-24-11-2-4-15(20)13(18)8-11/h2-5,8-10,20-21H,6-7H2,1H3. The lowest BCUT2D eigenvalue weighted by atomic mass is 10.3. The number of aromatic hydroxyl groups is 2. The number of ether oxygens (including phenoxy) is 1. The molecule has 0 aliphatic carbocycles. The van der Waals surface area contributed by atoms with E-state index in [1.165, 1.54) is 35.7 Å². The third-order valence-electron chi connectivity index (χ3n) is 3.08. The Morgan fingerprint density at radius 3 is 2.24 bits per heavy atom. The summed E-state index contributed by atoms with van der Waals surface area (Å²) in [6.45, 7) is 2.02. The van der Waals surface area contributed by atoms with Crippen LogP contribution in [0.25, 0.3) is 0 Å². The van der Waals surface area contributed by atoms with Crippen molar-refractivity contribution in [3.8, 4) is 11.5 Å². The minimum atomic E-state index is -0.395. The number of hydrogen-bond acceptors (Lipinski definition) is 6. The Bertz CT molecular complexity index is 755. The SMILES string of the molecule is CC(Sc1ccc(O)c(Cl)c1)C(=O)OCCSc1ccc(O)c(Cl)c1. The van der Waals surface area contributed by atoms with E-state index in [0.29, 0.717) is 10.8 Å². The number of carbonyl (C=O) groups excluding carboxylic acids is 1. The Morgan fingerprint density at radius 2 is 1.64 bits per heavy atom. The highest BCUT2D eigenvalue weighted by molar-refractivity contribution is 8.00. The molecule has 0 fully saturated rings. The number of phenolic OH excluding ortho intramolecular Hbond substituents is 2. The number of thioether (sulfide) groups is 2. The molecule has 4 nitrogen and oxygen atoms in total. The van der Waals surface area contributed by atoms with Crippen LogP contribution in [-0.4, -0.2) is 33.8 Å². The maximum atomic E-state index is 12.0. The molecule has 0 heterocycles. The molecular formula is C17H16Cl2O4S2. The number of carbonyl (C=O) groups is 1. The van der Waals surface area contributed by atoms with Crippen molar-refractivity contribution in [3.63, 3.8) is 0 Å². The number of hydrogen-bond donors (Lipinski definition) is 2. The molecule has 2 N–H and O–H groups in total. The molecule has 2 aromatic carbocycles. The van der Waals surface area contributed by atoms with Crippen LogP contribution < -0.4 is 0 Å². The lowest BCUT2D eigenvalue weighted by Crippen LogP contribution is -2.18. The summed E-state index contributed by atoms with van der Waals surface area (Å²) >= 11 is 14.5. The highest BCUT2D eigenvalue weighted by atomic mass is 35.5. The summed E-state index contributed by atoms with van der Waals surface area (Å²) in [6.07, 6.45) is 0. The van der Waals surface area contributed by atoms with Crippen LogP contribution in [0.1, 0.15) is 6.92 Å². The third-order valence-corrected chi connectivity index (χ3v) is 5.72. The number of esters is 1. The van der Waals surface area contributed by atoms with E-state index in [9.17, 15) is 15.0 Å². The van der Waals surface area contributed by atoms with Gasteiger partial charge in [-0.25, -0.2) is 0 Å². The van der Waals surface area contributed by atoms with Crippen molar-refractivity contribution in [2.24, 2.45) is 0 Å². The Morgan fingerprint density at radius 1 is 1.08 bits per heavy atom. The average molecular weight is 419 g/mol. The van der Waals surface area contributed by atoms with Crippen LogP contribution in [0.15, 0.2) is 46.2 Å². The molecule has 2 rings (SSSR count). The number of halogens is 2. The fourth-order valence-electron chi connectivity index (χ4n) is 1.81. The minimum absolute atomic E-state index is 0.00704. The molecule has 1 unspecified atom stereocenters. The zero-order chi connectivity index (χ0) is 18.4. The molecule has 0 bridgehead atoms. The topological polar surface area (TPSA) is 66.8 Å². The lowest BCUT2D eigenvalue weighted by Gasteiger charge is -2.12. The highest BCUT2D eigenvalue weighted by Gasteiger charge is 2.16. The van der Waals surface area contributed by atoms with E-state index in [4.69, 9.17) is 27.9 Å². The summed E-state index contributed by atoms with van der Waals surface area (Å²) < 4.78 is 5.26. The van der Waals surface area contributed by atoms with Gasteiger partial charge in [-0.3, -0.25) is 4.79 Å². The predicted octanol–water partition coefficient (Wildman–Crippen LogP) is 5.22. The Kier molecular flexibility index (Phi) is 7.62. The second-order valence-corrected chi connectivity index (χ2v) is 8.40. The van der Waals surface area contributed by atoms with Crippen LogP contribution in [0.2, 0.25) is 10.0 Å². The van der Waals surface area contributed by atoms with E-state index in [-0.39, 0.29) is 29.1 Å². The first-order chi connectivity index (χ1) is 11.9. The normalized spacial score (nSPS) is 12.0. The summed E-state index contributed by atoms with van der Waals surface area (Å²) in [5.74, 6) is 0.304. The van der Waals surface area contributed by atoms with Crippen molar-refractivity contribution in [1.82, 2.24) is 0 Å². The molecule has 0 aliphatic heterocycles. The van der Waals surface area contributed by atoms with Gasteiger partial charge in [0, 0.05) is 15.5 Å². The quantitative estimate of drug-likeness (QED) is 0.364. The molecule has 0 saturated heterocycles. The van der Waals surface area contributed by atoms with Crippen molar-refractivity contribution < 1.29 is 19.7 Å². The first-order valence-electron chi connectivity index (χ1n) is 7.30. The van der Waals surface area contributed by atoms with Gasteiger partial charge in [-0.1, -0.05) is 23.2 Å². The third kappa shape index (κ3) is 6.22. The van der Waals surface area contributed by atoms with Gasteiger partial charge in [-0.15, -0.1) is 23.5 Å². The highest BCUT2D eigenvalue weighted by Crippen LogP contribution is 2.31. The number of benzene rings is 2.